The van der Waals surface area contributed by atoms with Crippen LogP contribution in [0.15, 0.2) is 30.3 Å². The fraction of sp³-hybridized carbons (Fsp3) is 0.600. The van der Waals surface area contributed by atoms with Crippen molar-refractivity contribution in [3.8, 4) is 0 Å². The van der Waals surface area contributed by atoms with Gasteiger partial charge in [-0.25, -0.2) is 0 Å². The maximum absolute atomic E-state index is 12.6. The molecule has 108 valence electrons. The minimum absolute atomic E-state index is 0.635. The van der Waals surface area contributed by atoms with Crippen molar-refractivity contribution >= 4 is 0 Å². The molecule has 0 aliphatic rings. The Hall–Kier alpha value is -1.03. The zero-order valence-electron chi connectivity index (χ0n) is 11.3. The third-order valence-electron chi connectivity index (χ3n) is 3.06. The zero-order chi connectivity index (χ0) is 14.1. The molecule has 0 bridgehead atoms. The van der Waals surface area contributed by atoms with Gasteiger partial charge in [0.1, 0.15) is 0 Å². The minimum atomic E-state index is -4.14. The third-order valence-corrected chi connectivity index (χ3v) is 3.06. The highest BCUT2D eigenvalue weighted by Crippen LogP contribution is 2.29. The standard InChI is InChI=1S/C15H22F3N/c1-2-3-4-8-11-19-14(12-15(16,17)18)13-9-6-5-7-10-13/h5-7,9-10,14,19H,2-4,8,11-12H2,1H3. The Bertz CT molecular complexity index is 335. The summed E-state index contributed by atoms with van der Waals surface area (Å²) in [5.74, 6) is 0. The highest BCUT2D eigenvalue weighted by atomic mass is 19.4. The predicted octanol–water partition coefficient (Wildman–Crippen LogP) is 4.85. The molecule has 4 heteroatoms. The number of rotatable bonds is 8. The Morgan fingerprint density at radius 1 is 1.05 bits per heavy atom. The minimum Gasteiger partial charge on any atom is -0.310 e. The molecule has 1 aromatic rings. The van der Waals surface area contributed by atoms with Crippen LogP contribution in [0, 0.1) is 0 Å². The molecule has 0 amide bonds. The van der Waals surface area contributed by atoms with E-state index in [1.807, 2.05) is 6.07 Å². The summed E-state index contributed by atoms with van der Waals surface area (Å²) in [5, 5.41) is 3.03. The lowest BCUT2D eigenvalue weighted by atomic mass is 10.0. The van der Waals surface area contributed by atoms with Crippen LogP contribution >= 0.6 is 0 Å². The molecule has 0 radical (unpaired) electrons. The van der Waals surface area contributed by atoms with Gasteiger partial charge in [-0.3, -0.25) is 0 Å². The molecule has 0 aliphatic heterocycles. The highest BCUT2D eigenvalue weighted by Gasteiger charge is 2.32. The molecule has 1 aromatic carbocycles. The fourth-order valence-electron chi connectivity index (χ4n) is 2.05. The van der Waals surface area contributed by atoms with Gasteiger partial charge >= 0.3 is 6.18 Å². The summed E-state index contributed by atoms with van der Waals surface area (Å²) in [4.78, 5) is 0. The second kappa shape index (κ2) is 8.20. The largest absolute Gasteiger partial charge is 0.390 e. The SMILES string of the molecule is CCCCCCNC(CC(F)(F)F)c1ccccc1. The van der Waals surface area contributed by atoms with E-state index in [-0.39, 0.29) is 0 Å². The van der Waals surface area contributed by atoms with Gasteiger partial charge in [0, 0.05) is 6.04 Å². The van der Waals surface area contributed by atoms with Gasteiger partial charge in [0.15, 0.2) is 0 Å². The lowest BCUT2D eigenvalue weighted by Crippen LogP contribution is -2.27. The van der Waals surface area contributed by atoms with Crippen molar-refractivity contribution in [1.29, 1.82) is 0 Å². The molecule has 0 heterocycles. The Balaban J connectivity index is 2.51. The summed E-state index contributed by atoms with van der Waals surface area (Å²) in [6, 6.07) is 8.22. The van der Waals surface area contributed by atoms with Gasteiger partial charge in [0.25, 0.3) is 0 Å². The van der Waals surface area contributed by atoms with E-state index < -0.39 is 18.6 Å². The molecule has 1 atom stereocenters. The first-order chi connectivity index (χ1) is 9.03. The van der Waals surface area contributed by atoms with Crippen LogP contribution in [0.2, 0.25) is 0 Å². The van der Waals surface area contributed by atoms with Crippen LogP contribution in [-0.4, -0.2) is 12.7 Å². The Kier molecular flexibility index (Phi) is 6.92. The molecule has 1 rings (SSSR count). The predicted molar refractivity (Wildman–Crippen MR) is 72.0 cm³/mol. The van der Waals surface area contributed by atoms with Crippen LogP contribution < -0.4 is 5.32 Å². The molecule has 0 aromatic heterocycles. The van der Waals surface area contributed by atoms with Crippen LogP contribution in [0.4, 0.5) is 13.2 Å². The highest BCUT2D eigenvalue weighted by molar-refractivity contribution is 5.19. The van der Waals surface area contributed by atoms with E-state index in [9.17, 15) is 13.2 Å². The third kappa shape index (κ3) is 7.21. The first kappa shape index (κ1) is 16.0. The van der Waals surface area contributed by atoms with Gasteiger partial charge in [-0.05, 0) is 18.5 Å². The number of hydrogen-bond acceptors (Lipinski definition) is 1. The first-order valence-electron chi connectivity index (χ1n) is 6.88. The number of alkyl halides is 3. The molecule has 0 spiro atoms. The summed E-state index contributed by atoms with van der Waals surface area (Å²) >= 11 is 0. The zero-order valence-corrected chi connectivity index (χ0v) is 11.3. The molecule has 0 saturated carbocycles. The number of hydrogen-bond donors (Lipinski definition) is 1. The molecule has 19 heavy (non-hydrogen) atoms. The number of unbranched alkanes of at least 4 members (excludes halogenated alkanes) is 3. The van der Waals surface area contributed by atoms with E-state index in [2.05, 4.69) is 12.2 Å². The van der Waals surface area contributed by atoms with Crippen molar-refractivity contribution in [1.82, 2.24) is 5.32 Å². The van der Waals surface area contributed by atoms with E-state index in [1.54, 1.807) is 24.3 Å². The average molecular weight is 273 g/mol. The molecule has 1 N–H and O–H groups in total. The second-order valence-electron chi connectivity index (χ2n) is 4.80. The molecule has 1 nitrogen and oxygen atoms in total. The van der Waals surface area contributed by atoms with Gasteiger partial charge in [-0.2, -0.15) is 13.2 Å². The maximum Gasteiger partial charge on any atom is 0.390 e. The van der Waals surface area contributed by atoms with E-state index in [4.69, 9.17) is 0 Å². The molecule has 0 fully saturated rings. The normalized spacial score (nSPS) is 13.5. The lowest BCUT2D eigenvalue weighted by Gasteiger charge is -2.20. The second-order valence-corrected chi connectivity index (χ2v) is 4.80. The smallest absolute Gasteiger partial charge is 0.310 e. The number of nitrogens with one attached hydrogen (secondary N) is 1. The van der Waals surface area contributed by atoms with Gasteiger partial charge in [0.2, 0.25) is 0 Å². The van der Waals surface area contributed by atoms with Crippen LogP contribution in [0.3, 0.4) is 0 Å². The number of halogens is 3. The summed E-state index contributed by atoms with van der Waals surface area (Å²) in [7, 11) is 0. The monoisotopic (exact) mass is 273 g/mol. The van der Waals surface area contributed by atoms with Crippen LogP contribution in [0.5, 0.6) is 0 Å². The number of benzene rings is 1. The van der Waals surface area contributed by atoms with E-state index >= 15 is 0 Å². The summed E-state index contributed by atoms with van der Waals surface area (Å²) < 4.78 is 37.7. The first-order valence-corrected chi connectivity index (χ1v) is 6.88. The topological polar surface area (TPSA) is 12.0 Å². The summed E-state index contributed by atoms with van der Waals surface area (Å²) in [5.41, 5.74) is 0.704. The van der Waals surface area contributed by atoms with Crippen molar-refractivity contribution in [2.24, 2.45) is 0 Å². The van der Waals surface area contributed by atoms with Crippen LogP contribution in [0.1, 0.15) is 50.6 Å². The van der Waals surface area contributed by atoms with Crippen molar-refractivity contribution in [2.75, 3.05) is 6.54 Å². The maximum atomic E-state index is 12.6. The summed E-state index contributed by atoms with van der Waals surface area (Å²) in [6.45, 7) is 2.75. The van der Waals surface area contributed by atoms with Crippen LogP contribution in [0.25, 0.3) is 0 Å². The lowest BCUT2D eigenvalue weighted by molar-refractivity contribution is -0.140. The van der Waals surface area contributed by atoms with E-state index in [0.717, 1.165) is 25.7 Å². The molecular formula is C15H22F3N. The van der Waals surface area contributed by atoms with E-state index in [1.165, 1.54) is 0 Å². The van der Waals surface area contributed by atoms with Gasteiger partial charge in [-0.15, -0.1) is 0 Å². The quantitative estimate of drug-likeness (QED) is 0.668. The Morgan fingerprint density at radius 3 is 2.32 bits per heavy atom. The van der Waals surface area contributed by atoms with Crippen molar-refractivity contribution in [3.63, 3.8) is 0 Å². The molecular weight excluding hydrogens is 251 g/mol. The average Bonchev–Trinajstić information content (AvgIpc) is 2.37. The van der Waals surface area contributed by atoms with Gasteiger partial charge < -0.3 is 5.32 Å². The molecule has 0 aliphatic carbocycles. The van der Waals surface area contributed by atoms with Crippen LogP contribution in [-0.2, 0) is 0 Å². The van der Waals surface area contributed by atoms with Crippen molar-refractivity contribution < 1.29 is 13.2 Å². The summed E-state index contributed by atoms with van der Waals surface area (Å²) in [6.07, 6.45) is -0.699. The van der Waals surface area contributed by atoms with Crippen molar-refractivity contribution in [2.45, 2.75) is 51.2 Å². The fourth-order valence-corrected chi connectivity index (χ4v) is 2.05. The Morgan fingerprint density at radius 2 is 1.74 bits per heavy atom. The van der Waals surface area contributed by atoms with Gasteiger partial charge in [0.05, 0.1) is 6.42 Å². The molecule has 1 unspecified atom stereocenters. The Labute approximate surface area is 113 Å². The van der Waals surface area contributed by atoms with Gasteiger partial charge in [-0.1, -0.05) is 56.5 Å². The molecule has 0 saturated heterocycles. The van der Waals surface area contributed by atoms with E-state index in [0.29, 0.717) is 12.1 Å². The van der Waals surface area contributed by atoms with Crippen molar-refractivity contribution in [3.05, 3.63) is 35.9 Å².